The zero-order valence-electron chi connectivity index (χ0n) is 21.5. The third kappa shape index (κ3) is 7.62. The highest BCUT2D eigenvalue weighted by Gasteiger charge is 2.08. The maximum Gasteiger partial charge on any atom is 0.201 e. The van der Waals surface area contributed by atoms with Gasteiger partial charge in [0.2, 0.25) is 11.7 Å². The predicted molar refractivity (Wildman–Crippen MR) is 162 cm³/mol. The summed E-state index contributed by atoms with van der Waals surface area (Å²) in [7, 11) is 0. The summed E-state index contributed by atoms with van der Waals surface area (Å²) in [4.78, 5) is 0. The van der Waals surface area contributed by atoms with Gasteiger partial charge in [0.25, 0.3) is 0 Å². The summed E-state index contributed by atoms with van der Waals surface area (Å²) in [6.07, 6.45) is 0. The molecule has 0 fully saturated rings. The Morgan fingerprint density at radius 2 is 0.700 bits per heavy atom. The van der Waals surface area contributed by atoms with Crippen LogP contribution in [0.3, 0.4) is 0 Å². The van der Waals surface area contributed by atoms with Crippen molar-refractivity contribution in [2.75, 3.05) is 10.9 Å². The van der Waals surface area contributed by atoms with Crippen LogP contribution in [-0.4, -0.2) is 11.7 Å². The monoisotopic (exact) mass is 522 g/mol. The van der Waals surface area contributed by atoms with E-state index in [1.54, 1.807) is 0 Å². The Balaban J connectivity index is 1.44. The SMILES string of the molecule is c1ccc(N=N/C(=N/Nc2ccccc2)c2ccc(/C(N=Nc3ccccc3)=N\Nc3ccccc3)cc2)cc1. The summed E-state index contributed by atoms with van der Waals surface area (Å²) in [5, 5.41) is 26.7. The first-order chi connectivity index (χ1) is 19.8. The topological polar surface area (TPSA) is 98.2 Å². The van der Waals surface area contributed by atoms with Gasteiger partial charge < -0.3 is 0 Å². The summed E-state index contributed by atoms with van der Waals surface area (Å²) >= 11 is 0. The molecule has 0 aliphatic heterocycles. The molecule has 0 radical (unpaired) electrons. The highest BCUT2D eigenvalue weighted by atomic mass is 15.3. The Bertz CT molecular complexity index is 1470. The second-order valence-corrected chi connectivity index (χ2v) is 8.47. The van der Waals surface area contributed by atoms with E-state index in [0.29, 0.717) is 11.7 Å². The fourth-order valence-corrected chi connectivity index (χ4v) is 3.52. The van der Waals surface area contributed by atoms with Crippen molar-refractivity contribution in [3.63, 3.8) is 0 Å². The molecule has 0 amide bonds. The molecule has 0 aliphatic rings. The largest absolute Gasteiger partial charge is 0.276 e. The van der Waals surface area contributed by atoms with Crippen LogP contribution in [0, 0.1) is 0 Å². The van der Waals surface area contributed by atoms with Crippen LogP contribution in [-0.2, 0) is 0 Å². The number of amidine groups is 2. The quantitative estimate of drug-likeness (QED) is 0.0921. The molecule has 40 heavy (non-hydrogen) atoms. The molecular formula is C32H26N8. The van der Waals surface area contributed by atoms with Gasteiger partial charge in [-0.25, -0.2) is 0 Å². The molecule has 0 aromatic heterocycles. The third-order valence-corrected chi connectivity index (χ3v) is 5.56. The van der Waals surface area contributed by atoms with Gasteiger partial charge in [-0.05, 0) is 48.5 Å². The molecular weight excluding hydrogens is 496 g/mol. The number of rotatable bonds is 8. The molecule has 8 heteroatoms. The molecule has 5 rings (SSSR count). The Labute approximate surface area is 232 Å². The van der Waals surface area contributed by atoms with Crippen molar-refractivity contribution >= 4 is 34.4 Å². The van der Waals surface area contributed by atoms with Crippen molar-refractivity contribution in [3.8, 4) is 0 Å². The molecule has 0 saturated heterocycles. The number of benzene rings is 5. The molecule has 8 nitrogen and oxygen atoms in total. The van der Waals surface area contributed by atoms with E-state index in [1.807, 2.05) is 146 Å². The van der Waals surface area contributed by atoms with Crippen molar-refractivity contribution in [3.05, 3.63) is 157 Å². The van der Waals surface area contributed by atoms with Crippen molar-refractivity contribution in [2.45, 2.75) is 0 Å². The van der Waals surface area contributed by atoms with Gasteiger partial charge in [-0.3, -0.25) is 10.9 Å². The van der Waals surface area contributed by atoms with E-state index in [2.05, 4.69) is 41.5 Å². The maximum absolute atomic E-state index is 4.53. The first-order valence-electron chi connectivity index (χ1n) is 12.7. The lowest BCUT2D eigenvalue weighted by atomic mass is 10.1. The summed E-state index contributed by atoms with van der Waals surface area (Å²) in [5.41, 5.74) is 10.8. The number of hydrazone groups is 2. The Morgan fingerprint density at radius 3 is 1.05 bits per heavy atom. The number of anilines is 2. The fraction of sp³-hybridized carbons (Fsp3) is 0. The van der Waals surface area contributed by atoms with Crippen LogP contribution in [0.25, 0.3) is 0 Å². The first-order valence-corrected chi connectivity index (χ1v) is 12.7. The minimum absolute atomic E-state index is 0.422. The van der Waals surface area contributed by atoms with Crippen LogP contribution < -0.4 is 10.9 Å². The van der Waals surface area contributed by atoms with Crippen molar-refractivity contribution < 1.29 is 0 Å². The second-order valence-electron chi connectivity index (χ2n) is 8.47. The van der Waals surface area contributed by atoms with Crippen molar-refractivity contribution in [2.24, 2.45) is 30.7 Å². The van der Waals surface area contributed by atoms with Gasteiger partial charge >= 0.3 is 0 Å². The summed E-state index contributed by atoms with van der Waals surface area (Å²) in [6, 6.07) is 46.0. The van der Waals surface area contributed by atoms with Crippen LogP contribution in [0.4, 0.5) is 22.7 Å². The van der Waals surface area contributed by atoms with Crippen LogP contribution in [0.5, 0.6) is 0 Å². The number of para-hydroxylation sites is 2. The van der Waals surface area contributed by atoms with Crippen LogP contribution >= 0.6 is 0 Å². The zero-order valence-corrected chi connectivity index (χ0v) is 21.5. The third-order valence-electron chi connectivity index (χ3n) is 5.56. The maximum atomic E-state index is 4.53. The van der Waals surface area contributed by atoms with Crippen LogP contribution in [0.2, 0.25) is 0 Å². The van der Waals surface area contributed by atoms with E-state index in [-0.39, 0.29) is 0 Å². The molecule has 0 unspecified atom stereocenters. The van der Waals surface area contributed by atoms with E-state index in [0.717, 1.165) is 33.9 Å². The van der Waals surface area contributed by atoms with Gasteiger partial charge in [0.15, 0.2) is 0 Å². The van der Waals surface area contributed by atoms with Gasteiger partial charge in [-0.1, -0.05) is 97.1 Å². The summed E-state index contributed by atoms with van der Waals surface area (Å²) in [5.74, 6) is 0.845. The molecule has 5 aromatic rings. The molecule has 0 heterocycles. The lowest BCUT2D eigenvalue weighted by Gasteiger charge is -2.06. The molecule has 2 N–H and O–H groups in total. The number of hydrogen-bond acceptors (Lipinski definition) is 6. The van der Waals surface area contributed by atoms with E-state index < -0.39 is 0 Å². The minimum Gasteiger partial charge on any atom is -0.276 e. The van der Waals surface area contributed by atoms with E-state index >= 15 is 0 Å². The Kier molecular flexibility index (Phi) is 8.85. The molecule has 0 saturated carbocycles. The molecule has 0 atom stereocenters. The zero-order chi connectivity index (χ0) is 27.2. The Hall–Kier alpha value is -5.76. The average molecular weight is 523 g/mol. The van der Waals surface area contributed by atoms with E-state index in [1.165, 1.54) is 0 Å². The normalized spacial score (nSPS) is 12.1. The average Bonchev–Trinajstić information content (AvgIpc) is 3.03. The minimum atomic E-state index is 0.422. The molecule has 194 valence electrons. The molecule has 0 spiro atoms. The lowest BCUT2D eigenvalue weighted by molar-refractivity contribution is 1.22. The van der Waals surface area contributed by atoms with Gasteiger partial charge in [0.1, 0.15) is 0 Å². The molecule has 0 bridgehead atoms. The van der Waals surface area contributed by atoms with Crippen LogP contribution in [0.15, 0.2) is 176 Å². The Morgan fingerprint density at radius 1 is 0.375 bits per heavy atom. The van der Waals surface area contributed by atoms with Gasteiger partial charge in [0, 0.05) is 11.1 Å². The number of azo groups is 2. The molecule has 0 aliphatic carbocycles. The highest BCUT2D eigenvalue weighted by molar-refractivity contribution is 6.03. The standard InChI is InChI=1S/C32H26N8/c1-5-13-27(14-6-1)33-37-31(38-34-28-15-7-2-8-16-28)25-21-23-26(24-22-25)32(39-35-29-17-9-3-10-18-29)40-36-30-19-11-4-12-20-30/h1-24,33,35H/b37-31+,38-34?,39-32+,40-36?. The van der Waals surface area contributed by atoms with E-state index in [9.17, 15) is 0 Å². The number of hydrogen-bond donors (Lipinski definition) is 2. The number of nitrogens with one attached hydrogen (secondary N) is 2. The van der Waals surface area contributed by atoms with E-state index in [4.69, 9.17) is 0 Å². The van der Waals surface area contributed by atoms with Gasteiger partial charge in [-0.2, -0.15) is 10.2 Å². The van der Waals surface area contributed by atoms with Crippen LogP contribution in [0.1, 0.15) is 11.1 Å². The molecule has 5 aromatic carbocycles. The number of nitrogens with zero attached hydrogens (tertiary/aromatic N) is 6. The smallest absolute Gasteiger partial charge is 0.201 e. The van der Waals surface area contributed by atoms with Crippen molar-refractivity contribution in [1.82, 2.24) is 0 Å². The fourth-order valence-electron chi connectivity index (χ4n) is 3.52. The summed E-state index contributed by atoms with van der Waals surface area (Å²) < 4.78 is 0. The van der Waals surface area contributed by atoms with Crippen molar-refractivity contribution in [1.29, 1.82) is 0 Å². The highest BCUT2D eigenvalue weighted by Crippen LogP contribution is 2.17. The lowest BCUT2D eigenvalue weighted by Crippen LogP contribution is -2.04. The summed E-state index contributed by atoms with van der Waals surface area (Å²) in [6.45, 7) is 0. The predicted octanol–water partition coefficient (Wildman–Crippen LogP) is 8.80. The van der Waals surface area contributed by atoms with Gasteiger partial charge in [-0.15, -0.1) is 20.5 Å². The second kappa shape index (κ2) is 13.7. The van der Waals surface area contributed by atoms with Gasteiger partial charge in [0.05, 0.1) is 22.7 Å². The first kappa shape index (κ1) is 25.9.